The summed E-state index contributed by atoms with van der Waals surface area (Å²) in [4.78, 5) is 47.4. The summed E-state index contributed by atoms with van der Waals surface area (Å²) in [5, 5.41) is 2.70. The number of amides is 1. The number of allylic oxidation sites excluding steroid dienone is 1. The summed E-state index contributed by atoms with van der Waals surface area (Å²) in [6, 6.07) is 5.74. The summed E-state index contributed by atoms with van der Waals surface area (Å²) in [7, 11) is 1.39. The molecule has 8 nitrogen and oxygen atoms in total. The molecule has 1 aromatic rings. The fourth-order valence-electron chi connectivity index (χ4n) is 5.26. The van der Waals surface area contributed by atoms with Crippen molar-refractivity contribution in [2.45, 2.75) is 59.4 Å². The Morgan fingerprint density at radius 3 is 2.65 bits per heavy atom. The third-order valence-electron chi connectivity index (χ3n) is 7.08. The van der Waals surface area contributed by atoms with Gasteiger partial charge in [0.15, 0.2) is 5.17 Å². The van der Waals surface area contributed by atoms with E-state index in [1.54, 1.807) is 11.8 Å². The van der Waals surface area contributed by atoms with Crippen LogP contribution in [0.4, 0.5) is 0 Å². The SMILES string of the molecule is CCOC(=O)[C@H]1CCCN(C(=O)CC2=CSC3=NC(CC)=C(C(=O)OC)[C@H](c4ccc(C)cc4C)N23)C1. The number of carbonyl (C=O) groups excluding carboxylic acids is 3. The van der Waals surface area contributed by atoms with E-state index in [0.717, 1.165) is 40.4 Å². The van der Waals surface area contributed by atoms with Gasteiger partial charge in [0.05, 0.1) is 43.4 Å². The van der Waals surface area contributed by atoms with Crippen molar-refractivity contribution in [3.8, 4) is 0 Å². The lowest BCUT2D eigenvalue weighted by molar-refractivity contribution is -0.151. The van der Waals surface area contributed by atoms with Crippen LogP contribution in [0.25, 0.3) is 0 Å². The Labute approximate surface area is 222 Å². The minimum absolute atomic E-state index is 0.0497. The number of piperidine rings is 1. The van der Waals surface area contributed by atoms with Gasteiger partial charge in [-0.15, -0.1) is 0 Å². The molecule has 4 rings (SSSR count). The number of hydrogen-bond acceptors (Lipinski definition) is 8. The molecule has 0 aromatic heterocycles. The number of fused-ring (bicyclic) bond motifs is 1. The van der Waals surface area contributed by atoms with Gasteiger partial charge in [-0.2, -0.15) is 0 Å². The van der Waals surface area contributed by atoms with Gasteiger partial charge in [-0.3, -0.25) is 9.59 Å². The number of hydrogen-bond donors (Lipinski definition) is 0. The molecule has 3 aliphatic heterocycles. The van der Waals surface area contributed by atoms with Gasteiger partial charge in [-0.05, 0) is 56.6 Å². The molecule has 0 spiro atoms. The van der Waals surface area contributed by atoms with Gasteiger partial charge in [0.1, 0.15) is 0 Å². The Morgan fingerprint density at radius 2 is 1.97 bits per heavy atom. The molecule has 1 aromatic carbocycles. The number of esters is 2. The first kappa shape index (κ1) is 27.0. The molecule has 3 heterocycles. The first-order valence-electron chi connectivity index (χ1n) is 12.9. The maximum absolute atomic E-state index is 13.5. The highest BCUT2D eigenvalue weighted by Gasteiger charge is 2.42. The van der Waals surface area contributed by atoms with E-state index in [-0.39, 0.29) is 24.2 Å². The predicted molar refractivity (Wildman–Crippen MR) is 143 cm³/mol. The van der Waals surface area contributed by atoms with Crippen LogP contribution in [-0.4, -0.2) is 59.6 Å². The fraction of sp³-hybridized carbons (Fsp3) is 0.500. The monoisotopic (exact) mass is 525 g/mol. The molecule has 2 atom stereocenters. The van der Waals surface area contributed by atoms with Crippen molar-refractivity contribution in [1.29, 1.82) is 0 Å². The smallest absolute Gasteiger partial charge is 0.338 e. The van der Waals surface area contributed by atoms with E-state index < -0.39 is 12.0 Å². The van der Waals surface area contributed by atoms with E-state index in [4.69, 9.17) is 14.5 Å². The molecule has 0 bridgehead atoms. The van der Waals surface area contributed by atoms with Gasteiger partial charge in [-0.25, -0.2) is 9.79 Å². The van der Waals surface area contributed by atoms with Crippen molar-refractivity contribution in [3.05, 3.63) is 57.3 Å². The normalized spacial score (nSPS) is 21.3. The van der Waals surface area contributed by atoms with E-state index in [1.807, 2.05) is 43.2 Å². The van der Waals surface area contributed by atoms with Crippen molar-refractivity contribution in [1.82, 2.24) is 9.80 Å². The van der Waals surface area contributed by atoms with E-state index >= 15 is 0 Å². The van der Waals surface area contributed by atoms with Gasteiger partial charge in [0, 0.05) is 18.8 Å². The highest BCUT2D eigenvalue weighted by atomic mass is 32.2. The Balaban J connectivity index is 1.65. The van der Waals surface area contributed by atoms with Crippen LogP contribution < -0.4 is 0 Å². The van der Waals surface area contributed by atoms with Crippen LogP contribution in [0.1, 0.15) is 62.3 Å². The lowest BCUT2D eigenvalue weighted by atomic mass is 9.89. The molecule has 0 radical (unpaired) electrons. The van der Waals surface area contributed by atoms with Crippen LogP contribution in [0.5, 0.6) is 0 Å². The van der Waals surface area contributed by atoms with E-state index in [2.05, 4.69) is 6.07 Å². The third kappa shape index (κ3) is 5.46. The van der Waals surface area contributed by atoms with Crippen molar-refractivity contribution >= 4 is 34.8 Å². The van der Waals surface area contributed by atoms with Crippen molar-refractivity contribution in [3.63, 3.8) is 0 Å². The number of ether oxygens (including phenoxy) is 2. The third-order valence-corrected chi connectivity index (χ3v) is 7.96. The first-order chi connectivity index (χ1) is 17.8. The zero-order valence-corrected chi connectivity index (χ0v) is 23.0. The van der Waals surface area contributed by atoms with Crippen molar-refractivity contribution < 1.29 is 23.9 Å². The largest absolute Gasteiger partial charge is 0.466 e. The maximum Gasteiger partial charge on any atom is 0.338 e. The Bertz CT molecular complexity index is 1190. The molecule has 198 valence electrons. The predicted octanol–water partition coefficient (Wildman–Crippen LogP) is 4.63. The molecule has 0 aliphatic carbocycles. The molecule has 3 aliphatic rings. The summed E-state index contributed by atoms with van der Waals surface area (Å²) in [5.41, 5.74) is 5.15. The minimum atomic E-state index is -0.446. The van der Waals surface area contributed by atoms with Crippen molar-refractivity contribution in [2.24, 2.45) is 10.9 Å². The highest BCUT2D eigenvalue weighted by molar-refractivity contribution is 8.16. The summed E-state index contributed by atoms with van der Waals surface area (Å²) in [5.74, 6) is -0.997. The molecular formula is C28H35N3O5S. The number of thioether (sulfide) groups is 1. The number of aliphatic imine (C=N–C) groups is 1. The van der Waals surface area contributed by atoms with E-state index in [1.165, 1.54) is 18.9 Å². The molecule has 1 fully saturated rings. The van der Waals surface area contributed by atoms with Crippen LogP contribution in [0.2, 0.25) is 0 Å². The highest BCUT2D eigenvalue weighted by Crippen LogP contribution is 2.46. The van der Waals surface area contributed by atoms with Gasteiger partial charge >= 0.3 is 11.9 Å². The lowest BCUT2D eigenvalue weighted by Crippen LogP contribution is -2.44. The van der Waals surface area contributed by atoms with Crippen LogP contribution in [-0.2, 0) is 23.9 Å². The molecule has 1 saturated heterocycles. The topological polar surface area (TPSA) is 88.5 Å². The number of benzene rings is 1. The molecule has 9 heteroatoms. The summed E-state index contributed by atoms with van der Waals surface area (Å²) in [6.07, 6.45) is 2.23. The average molecular weight is 526 g/mol. The minimum Gasteiger partial charge on any atom is -0.466 e. The standard InChI is InChI=1S/C28H35N3O5S/c1-6-22-24(27(34)35-5)25(21-11-10-17(3)13-18(21)4)31-20(16-37-28(31)29-22)14-23(32)30-12-8-9-19(15-30)26(33)36-7-2/h10-11,13,16,19,25H,6-9,12,14-15H2,1-5H3/t19-,25-/m0/s1. The maximum atomic E-state index is 13.5. The second-order valence-corrected chi connectivity index (χ2v) is 10.4. The van der Waals surface area contributed by atoms with Gasteiger partial charge in [0.2, 0.25) is 5.91 Å². The number of nitrogens with zero attached hydrogens (tertiary/aromatic N) is 3. The molecule has 37 heavy (non-hydrogen) atoms. The summed E-state index contributed by atoms with van der Waals surface area (Å²) >= 11 is 1.47. The molecule has 1 amide bonds. The lowest BCUT2D eigenvalue weighted by Gasteiger charge is -2.38. The zero-order chi connectivity index (χ0) is 26.7. The molecule has 0 unspecified atom stereocenters. The first-order valence-corrected chi connectivity index (χ1v) is 13.7. The average Bonchev–Trinajstić information content (AvgIpc) is 3.29. The zero-order valence-electron chi connectivity index (χ0n) is 22.2. The van der Waals surface area contributed by atoms with Crippen LogP contribution in [0, 0.1) is 19.8 Å². The quantitative estimate of drug-likeness (QED) is 0.480. The van der Waals surface area contributed by atoms with E-state index in [0.29, 0.717) is 37.4 Å². The van der Waals surface area contributed by atoms with E-state index in [9.17, 15) is 14.4 Å². The number of rotatable bonds is 7. The van der Waals surface area contributed by atoms with Crippen LogP contribution in [0.3, 0.4) is 0 Å². The Morgan fingerprint density at radius 1 is 1.19 bits per heavy atom. The Hall–Kier alpha value is -3.07. The number of aryl methyl sites for hydroxylation is 2. The van der Waals surface area contributed by atoms with Gasteiger partial charge in [-0.1, -0.05) is 42.4 Å². The van der Waals surface area contributed by atoms with Crippen molar-refractivity contribution in [2.75, 3.05) is 26.8 Å². The number of carbonyl (C=O) groups is 3. The molecule has 0 saturated carbocycles. The second kappa shape index (κ2) is 11.5. The number of amidine groups is 1. The van der Waals surface area contributed by atoms with Crippen LogP contribution in [0.15, 0.2) is 45.6 Å². The molecule has 0 N–H and O–H groups in total. The van der Waals surface area contributed by atoms with Gasteiger partial charge < -0.3 is 19.3 Å². The van der Waals surface area contributed by atoms with Gasteiger partial charge in [0.25, 0.3) is 0 Å². The number of likely N-dealkylation sites (tertiary alicyclic amines) is 1. The number of methoxy groups -OCH3 is 1. The molecular weight excluding hydrogens is 490 g/mol. The second-order valence-electron chi connectivity index (χ2n) is 9.57. The Kier molecular flexibility index (Phi) is 8.42. The summed E-state index contributed by atoms with van der Waals surface area (Å²) in [6.45, 7) is 9.16. The summed E-state index contributed by atoms with van der Waals surface area (Å²) < 4.78 is 10.4. The fourth-order valence-corrected chi connectivity index (χ4v) is 6.20. The van der Waals surface area contributed by atoms with Crippen LogP contribution >= 0.6 is 11.8 Å².